The zero-order valence-electron chi connectivity index (χ0n) is 6.87. The number of ketones is 1. The van der Waals surface area contributed by atoms with Crippen LogP contribution in [-0.4, -0.2) is 24.1 Å². The lowest BCUT2D eigenvalue weighted by molar-refractivity contribution is -0.123. The molecular weight excluding hydrogens is 192 g/mol. The predicted molar refractivity (Wildman–Crippen MR) is 49.0 cm³/mol. The predicted octanol–water partition coefficient (Wildman–Crippen LogP) is 1.28. The molecule has 0 saturated carbocycles. The average molecular weight is 201 g/mol. The molecule has 0 radical (unpaired) electrons. The number of halogens is 1. The van der Waals surface area contributed by atoms with E-state index in [-0.39, 0.29) is 12.4 Å². The first-order valence-corrected chi connectivity index (χ1v) is 4.11. The quantitative estimate of drug-likeness (QED) is 0.797. The lowest BCUT2D eigenvalue weighted by Gasteiger charge is -2.03. The molecule has 0 saturated heterocycles. The number of Topliss-reactive ketones (excluding diaryl/α,β-unsaturated/α-hetero) is 1. The molecule has 0 aliphatic carbocycles. The minimum absolute atomic E-state index is 0.113. The third-order valence-electron chi connectivity index (χ3n) is 1.39. The van der Waals surface area contributed by atoms with Crippen molar-refractivity contribution in [2.24, 2.45) is 0 Å². The molecule has 0 atom stereocenters. The Bertz CT molecular complexity index is 281. The van der Waals surface area contributed by atoms with Gasteiger partial charge in [0, 0.05) is 5.02 Å². The van der Waals surface area contributed by atoms with Crippen LogP contribution in [0.5, 0.6) is 5.75 Å². The van der Waals surface area contributed by atoms with Gasteiger partial charge in [0.2, 0.25) is 0 Å². The van der Waals surface area contributed by atoms with E-state index in [9.17, 15) is 4.79 Å². The van der Waals surface area contributed by atoms with Crippen molar-refractivity contribution in [1.82, 2.24) is 0 Å². The minimum Gasteiger partial charge on any atom is -0.486 e. The van der Waals surface area contributed by atoms with Gasteiger partial charge < -0.3 is 9.84 Å². The van der Waals surface area contributed by atoms with Crippen LogP contribution in [0.3, 0.4) is 0 Å². The van der Waals surface area contributed by atoms with Crippen LogP contribution in [-0.2, 0) is 4.79 Å². The van der Waals surface area contributed by atoms with Crippen molar-refractivity contribution in [3.8, 4) is 5.75 Å². The maximum absolute atomic E-state index is 10.7. The molecule has 4 heteroatoms. The van der Waals surface area contributed by atoms with Gasteiger partial charge in [0.15, 0.2) is 5.78 Å². The second-order valence-electron chi connectivity index (χ2n) is 2.44. The molecular formula is C9H9ClO3. The highest BCUT2D eigenvalue weighted by Gasteiger charge is 2.00. The zero-order chi connectivity index (χ0) is 9.68. The number of ether oxygens (including phenoxy) is 1. The van der Waals surface area contributed by atoms with Crippen molar-refractivity contribution < 1.29 is 14.6 Å². The Hall–Kier alpha value is -1.06. The van der Waals surface area contributed by atoms with E-state index in [4.69, 9.17) is 21.4 Å². The van der Waals surface area contributed by atoms with Crippen LogP contribution in [0.15, 0.2) is 24.3 Å². The summed E-state index contributed by atoms with van der Waals surface area (Å²) < 4.78 is 5.05. The van der Waals surface area contributed by atoms with Gasteiger partial charge in [-0.2, -0.15) is 0 Å². The molecule has 0 bridgehead atoms. The lowest BCUT2D eigenvalue weighted by Crippen LogP contribution is -2.14. The molecule has 3 nitrogen and oxygen atoms in total. The SMILES string of the molecule is O=C(CO)COc1ccc(Cl)cc1. The van der Waals surface area contributed by atoms with Gasteiger partial charge in [-0.15, -0.1) is 0 Å². The standard InChI is InChI=1S/C9H9ClO3/c10-7-1-3-9(4-2-7)13-6-8(12)5-11/h1-4,11H,5-6H2. The fourth-order valence-corrected chi connectivity index (χ4v) is 0.866. The van der Waals surface area contributed by atoms with Gasteiger partial charge in [0.1, 0.15) is 19.0 Å². The van der Waals surface area contributed by atoms with Crippen molar-refractivity contribution in [1.29, 1.82) is 0 Å². The maximum Gasteiger partial charge on any atom is 0.195 e. The van der Waals surface area contributed by atoms with E-state index >= 15 is 0 Å². The van der Waals surface area contributed by atoms with E-state index in [0.29, 0.717) is 10.8 Å². The second-order valence-corrected chi connectivity index (χ2v) is 2.88. The molecule has 1 aromatic carbocycles. The molecule has 0 unspecified atom stereocenters. The van der Waals surface area contributed by atoms with E-state index in [1.807, 2.05) is 0 Å². The fraction of sp³-hybridized carbons (Fsp3) is 0.222. The largest absolute Gasteiger partial charge is 0.486 e. The van der Waals surface area contributed by atoms with Crippen LogP contribution in [0.1, 0.15) is 0 Å². The first-order chi connectivity index (χ1) is 6.22. The number of aliphatic hydroxyl groups excluding tert-OH is 1. The molecule has 0 aliphatic heterocycles. The third-order valence-corrected chi connectivity index (χ3v) is 1.64. The van der Waals surface area contributed by atoms with Gasteiger partial charge in [0.25, 0.3) is 0 Å². The fourth-order valence-electron chi connectivity index (χ4n) is 0.740. The monoisotopic (exact) mass is 200 g/mol. The summed E-state index contributed by atoms with van der Waals surface area (Å²) in [6.07, 6.45) is 0. The summed E-state index contributed by atoms with van der Waals surface area (Å²) in [7, 11) is 0. The molecule has 0 spiro atoms. The maximum atomic E-state index is 10.7. The highest BCUT2D eigenvalue weighted by Crippen LogP contribution is 2.15. The van der Waals surface area contributed by atoms with Crippen molar-refractivity contribution in [2.75, 3.05) is 13.2 Å². The Morgan fingerprint density at radius 1 is 1.38 bits per heavy atom. The summed E-state index contributed by atoms with van der Waals surface area (Å²) in [5.41, 5.74) is 0. The van der Waals surface area contributed by atoms with Crippen LogP contribution < -0.4 is 4.74 Å². The number of carbonyl (C=O) groups excluding carboxylic acids is 1. The number of hydrogen-bond acceptors (Lipinski definition) is 3. The summed E-state index contributed by atoms with van der Waals surface area (Å²) in [5, 5.41) is 9.02. The smallest absolute Gasteiger partial charge is 0.195 e. The molecule has 1 rings (SSSR count). The number of hydrogen-bond donors (Lipinski definition) is 1. The molecule has 0 heterocycles. The molecule has 1 aromatic rings. The number of rotatable bonds is 4. The molecule has 13 heavy (non-hydrogen) atoms. The van der Waals surface area contributed by atoms with Crippen LogP contribution >= 0.6 is 11.6 Å². The number of aliphatic hydroxyl groups is 1. The summed E-state index contributed by atoms with van der Waals surface area (Å²) in [6, 6.07) is 6.65. The Kier molecular flexibility index (Phi) is 3.73. The van der Waals surface area contributed by atoms with Crippen molar-refractivity contribution in [3.05, 3.63) is 29.3 Å². The molecule has 70 valence electrons. The van der Waals surface area contributed by atoms with E-state index in [1.54, 1.807) is 24.3 Å². The molecule has 0 amide bonds. The highest BCUT2D eigenvalue weighted by molar-refractivity contribution is 6.30. The molecule has 1 N–H and O–H groups in total. The third kappa shape index (κ3) is 3.44. The van der Waals surface area contributed by atoms with E-state index in [2.05, 4.69) is 0 Å². The number of benzene rings is 1. The van der Waals surface area contributed by atoms with Crippen molar-refractivity contribution in [3.63, 3.8) is 0 Å². The Labute approximate surface area is 80.9 Å². The van der Waals surface area contributed by atoms with E-state index in [0.717, 1.165) is 0 Å². The van der Waals surface area contributed by atoms with E-state index < -0.39 is 6.61 Å². The first-order valence-electron chi connectivity index (χ1n) is 3.73. The molecule has 0 fully saturated rings. The van der Waals surface area contributed by atoms with Crippen molar-refractivity contribution >= 4 is 17.4 Å². The highest BCUT2D eigenvalue weighted by atomic mass is 35.5. The van der Waals surface area contributed by atoms with Gasteiger partial charge in [-0.05, 0) is 24.3 Å². The second kappa shape index (κ2) is 4.84. The van der Waals surface area contributed by atoms with Gasteiger partial charge in [-0.1, -0.05) is 11.6 Å². The zero-order valence-corrected chi connectivity index (χ0v) is 7.62. The van der Waals surface area contributed by atoms with Crippen LogP contribution in [0.2, 0.25) is 5.02 Å². The topological polar surface area (TPSA) is 46.5 Å². The van der Waals surface area contributed by atoms with E-state index in [1.165, 1.54) is 0 Å². The normalized spacial score (nSPS) is 9.69. The van der Waals surface area contributed by atoms with Crippen LogP contribution in [0, 0.1) is 0 Å². The van der Waals surface area contributed by atoms with Gasteiger partial charge in [0.05, 0.1) is 0 Å². The molecule has 0 aromatic heterocycles. The Morgan fingerprint density at radius 2 is 2.00 bits per heavy atom. The summed E-state index contributed by atoms with van der Waals surface area (Å²) in [4.78, 5) is 10.7. The summed E-state index contributed by atoms with van der Waals surface area (Å²) >= 11 is 5.64. The summed E-state index contributed by atoms with van der Waals surface area (Å²) in [6.45, 7) is -0.605. The summed E-state index contributed by atoms with van der Waals surface area (Å²) in [5.74, 6) is 0.209. The average Bonchev–Trinajstić information content (AvgIpc) is 2.16. The minimum atomic E-state index is -0.492. The lowest BCUT2D eigenvalue weighted by atomic mass is 10.3. The van der Waals surface area contributed by atoms with Crippen LogP contribution in [0.25, 0.3) is 0 Å². The van der Waals surface area contributed by atoms with Gasteiger partial charge >= 0.3 is 0 Å². The Morgan fingerprint density at radius 3 is 2.54 bits per heavy atom. The first kappa shape index (κ1) is 10.0. The van der Waals surface area contributed by atoms with Crippen molar-refractivity contribution in [2.45, 2.75) is 0 Å². The van der Waals surface area contributed by atoms with Gasteiger partial charge in [-0.25, -0.2) is 0 Å². The van der Waals surface area contributed by atoms with Gasteiger partial charge in [-0.3, -0.25) is 4.79 Å². The molecule has 0 aliphatic rings. The Balaban J connectivity index is 2.46. The van der Waals surface area contributed by atoms with Crippen LogP contribution in [0.4, 0.5) is 0 Å². The number of carbonyl (C=O) groups is 1.